The lowest BCUT2D eigenvalue weighted by atomic mass is 9.99. The highest BCUT2D eigenvalue weighted by Crippen LogP contribution is 2.29. The summed E-state index contributed by atoms with van der Waals surface area (Å²) in [5, 5.41) is 2.06. The van der Waals surface area contributed by atoms with Crippen LogP contribution in [0.3, 0.4) is 0 Å². The first-order valence-electron chi connectivity index (χ1n) is 8.23. The summed E-state index contributed by atoms with van der Waals surface area (Å²) in [6.07, 6.45) is 1.59. The van der Waals surface area contributed by atoms with E-state index in [-0.39, 0.29) is 5.97 Å². The van der Waals surface area contributed by atoms with Gasteiger partial charge in [0.2, 0.25) is 0 Å². The zero-order valence-electron chi connectivity index (χ0n) is 14.3. The van der Waals surface area contributed by atoms with E-state index in [0.717, 1.165) is 22.1 Å². The maximum atomic E-state index is 12.1. The molecule has 0 heterocycles. The minimum Gasteiger partial charge on any atom is -0.489 e. The van der Waals surface area contributed by atoms with Crippen molar-refractivity contribution in [3.8, 4) is 5.75 Å². The Balaban J connectivity index is 2.34. The molecule has 0 aliphatic rings. The van der Waals surface area contributed by atoms with Gasteiger partial charge in [-0.05, 0) is 30.9 Å². The molecule has 0 bridgehead atoms. The molecule has 0 aliphatic heterocycles. The SMILES string of the molecule is C=CCOc1ccc(CC(OCC)C(=O)OCC)c2ccccc12. The van der Waals surface area contributed by atoms with Crippen LogP contribution in [0.4, 0.5) is 0 Å². The molecule has 0 saturated heterocycles. The summed E-state index contributed by atoms with van der Waals surface area (Å²) < 4.78 is 16.4. The van der Waals surface area contributed by atoms with Gasteiger partial charge in [-0.1, -0.05) is 43.0 Å². The summed E-state index contributed by atoms with van der Waals surface area (Å²) in [5.41, 5.74) is 1.03. The van der Waals surface area contributed by atoms with Crippen molar-refractivity contribution in [2.45, 2.75) is 26.4 Å². The lowest BCUT2D eigenvalue weighted by Crippen LogP contribution is -2.29. The molecule has 0 spiro atoms. The number of ether oxygens (including phenoxy) is 3. The predicted molar refractivity (Wildman–Crippen MR) is 95.4 cm³/mol. The third-order valence-corrected chi connectivity index (χ3v) is 3.65. The molecule has 4 nitrogen and oxygen atoms in total. The average Bonchev–Trinajstić information content (AvgIpc) is 2.60. The molecule has 2 aromatic rings. The van der Waals surface area contributed by atoms with Crippen LogP contribution in [0.2, 0.25) is 0 Å². The largest absolute Gasteiger partial charge is 0.489 e. The number of hydrogen-bond donors (Lipinski definition) is 0. The van der Waals surface area contributed by atoms with E-state index in [2.05, 4.69) is 6.58 Å². The third-order valence-electron chi connectivity index (χ3n) is 3.65. The van der Waals surface area contributed by atoms with Gasteiger partial charge in [0.15, 0.2) is 6.10 Å². The Labute approximate surface area is 143 Å². The predicted octanol–water partition coefficient (Wildman–Crippen LogP) is 3.92. The van der Waals surface area contributed by atoms with Crippen molar-refractivity contribution in [2.75, 3.05) is 19.8 Å². The quantitative estimate of drug-likeness (QED) is 0.517. The molecule has 0 radical (unpaired) electrons. The van der Waals surface area contributed by atoms with Crippen LogP contribution in [0.15, 0.2) is 49.1 Å². The molecular formula is C20H24O4. The minimum atomic E-state index is -0.599. The summed E-state index contributed by atoms with van der Waals surface area (Å²) >= 11 is 0. The second-order valence-corrected chi connectivity index (χ2v) is 5.27. The Hall–Kier alpha value is -2.33. The smallest absolute Gasteiger partial charge is 0.335 e. The van der Waals surface area contributed by atoms with E-state index in [9.17, 15) is 4.79 Å². The van der Waals surface area contributed by atoms with Crippen LogP contribution >= 0.6 is 0 Å². The van der Waals surface area contributed by atoms with Crippen molar-refractivity contribution < 1.29 is 19.0 Å². The van der Waals surface area contributed by atoms with Crippen LogP contribution < -0.4 is 4.74 Å². The molecular weight excluding hydrogens is 304 g/mol. The van der Waals surface area contributed by atoms with Crippen LogP contribution in [0.1, 0.15) is 19.4 Å². The maximum Gasteiger partial charge on any atom is 0.335 e. The van der Waals surface area contributed by atoms with E-state index in [0.29, 0.717) is 26.2 Å². The molecule has 0 aromatic heterocycles. The average molecular weight is 328 g/mol. The molecule has 0 aliphatic carbocycles. The summed E-state index contributed by atoms with van der Waals surface area (Å²) in [5.74, 6) is 0.480. The fourth-order valence-electron chi connectivity index (χ4n) is 2.63. The summed E-state index contributed by atoms with van der Waals surface area (Å²) in [7, 11) is 0. The molecule has 2 aromatic carbocycles. The van der Waals surface area contributed by atoms with Gasteiger partial charge in [0.1, 0.15) is 12.4 Å². The van der Waals surface area contributed by atoms with Gasteiger partial charge in [0, 0.05) is 18.4 Å². The van der Waals surface area contributed by atoms with E-state index >= 15 is 0 Å². The first-order chi connectivity index (χ1) is 11.7. The summed E-state index contributed by atoms with van der Waals surface area (Å²) in [6.45, 7) is 8.60. The second-order valence-electron chi connectivity index (χ2n) is 5.27. The number of rotatable bonds is 9. The van der Waals surface area contributed by atoms with Crippen LogP contribution in [0.25, 0.3) is 10.8 Å². The van der Waals surface area contributed by atoms with Crippen molar-refractivity contribution in [2.24, 2.45) is 0 Å². The molecule has 0 amide bonds. The lowest BCUT2D eigenvalue weighted by molar-refractivity contribution is -0.156. The highest BCUT2D eigenvalue weighted by atomic mass is 16.6. The first-order valence-corrected chi connectivity index (χ1v) is 8.23. The number of carbonyl (C=O) groups is 1. The number of benzene rings is 2. The number of fused-ring (bicyclic) bond motifs is 1. The van der Waals surface area contributed by atoms with Crippen molar-refractivity contribution in [3.63, 3.8) is 0 Å². The Bertz CT molecular complexity index is 693. The highest BCUT2D eigenvalue weighted by molar-refractivity contribution is 5.91. The number of carbonyl (C=O) groups excluding carboxylic acids is 1. The van der Waals surface area contributed by atoms with Crippen LogP contribution in [-0.4, -0.2) is 31.9 Å². The van der Waals surface area contributed by atoms with E-state index in [4.69, 9.17) is 14.2 Å². The van der Waals surface area contributed by atoms with Gasteiger partial charge in [-0.25, -0.2) is 4.79 Å². The number of esters is 1. The molecule has 24 heavy (non-hydrogen) atoms. The topological polar surface area (TPSA) is 44.8 Å². The first kappa shape index (κ1) is 18.0. The molecule has 0 saturated carbocycles. The van der Waals surface area contributed by atoms with Crippen molar-refractivity contribution in [1.29, 1.82) is 0 Å². The van der Waals surface area contributed by atoms with E-state index in [1.54, 1.807) is 13.0 Å². The number of hydrogen-bond acceptors (Lipinski definition) is 4. The van der Waals surface area contributed by atoms with Gasteiger partial charge in [0.25, 0.3) is 0 Å². The standard InChI is InChI=1S/C20H24O4/c1-4-13-24-18-12-11-15(16-9-7-8-10-17(16)18)14-19(22-5-2)20(21)23-6-3/h4,7-12,19H,1,5-6,13-14H2,2-3H3. The Morgan fingerprint density at radius 3 is 2.54 bits per heavy atom. The van der Waals surface area contributed by atoms with Gasteiger partial charge in [-0.3, -0.25) is 0 Å². The van der Waals surface area contributed by atoms with Gasteiger partial charge in [0.05, 0.1) is 6.61 Å². The van der Waals surface area contributed by atoms with Crippen LogP contribution in [0, 0.1) is 0 Å². The maximum absolute atomic E-state index is 12.1. The van der Waals surface area contributed by atoms with Crippen molar-refractivity contribution in [3.05, 3.63) is 54.6 Å². The third kappa shape index (κ3) is 4.36. The molecule has 1 atom stereocenters. The van der Waals surface area contributed by atoms with Crippen molar-refractivity contribution >= 4 is 16.7 Å². The van der Waals surface area contributed by atoms with Gasteiger partial charge >= 0.3 is 5.97 Å². The summed E-state index contributed by atoms with van der Waals surface area (Å²) in [4.78, 5) is 12.1. The molecule has 4 heteroatoms. The van der Waals surface area contributed by atoms with Gasteiger partial charge in [-0.2, -0.15) is 0 Å². The van der Waals surface area contributed by atoms with Crippen LogP contribution in [-0.2, 0) is 20.7 Å². The van der Waals surface area contributed by atoms with Crippen molar-refractivity contribution in [1.82, 2.24) is 0 Å². The van der Waals surface area contributed by atoms with E-state index < -0.39 is 6.10 Å². The minimum absolute atomic E-state index is 0.324. The van der Waals surface area contributed by atoms with Crippen LogP contribution in [0.5, 0.6) is 5.75 Å². The van der Waals surface area contributed by atoms with Gasteiger partial charge < -0.3 is 14.2 Å². The molecule has 1 unspecified atom stereocenters. The van der Waals surface area contributed by atoms with E-state index in [1.165, 1.54) is 0 Å². The van der Waals surface area contributed by atoms with Gasteiger partial charge in [-0.15, -0.1) is 0 Å². The molecule has 0 fully saturated rings. The molecule has 128 valence electrons. The monoisotopic (exact) mass is 328 g/mol. The fraction of sp³-hybridized carbons (Fsp3) is 0.350. The lowest BCUT2D eigenvalue weighted by Gasteiger charge is -2.17. The zero-order valence-corrected chi connectivity index (χ0v) is 14.3. The van der Waals surface area contributed by atoms with E-state index in [1.807, 2.05) is 43.3 Å². The molecule has 2 rings (SSSR count). The summed E-state index contributed by atoms with van der Waals surface area (Å²) in [6, 6.07) is 11.9. The zero-order chi connectivity index (χ0) is 17.4. The second kappa shape index (κ2) is 9.08. The molecule has 0 N–H and O–H groups in total. The Kier molecular flexibility index (Phi) is 6.82. The Morgan fingerprint density at radius 2 is 1.88 bits per heavy atom. The highest BCUT2D eigenvalue weighted by Gasteiger charge is 2.22. The fourth-order valence-corrected chi connectivity index (χ4v) is 2.63. The Morgan fingerprint density at radius 1 is 1.12 bits per heavy atom. The normalized spacial score (nSPS) is 11.9.